The van der Waals surface area contributed by atoms with Crippen LogP contribution in [0.3, 0.4) is 0 Å². The van der Waals surface area contributed by atoms with Gasteiger partial charge in [-0.3, -0.25) is 14.9 Å². The number of carbonyl (C=O) groups is 1. The smallest absolute Gasteiger partial charge is 0.273 e. The second-order valence-electron chi connectivity index (χ2n) is 4.91. The van der Waals surface area contributed by atoms with E-state index in [0.29, 0.717) is 0 Å². The molecule has 2 rings (SSSR count). The summed E-state index contributed by atoms with van der Waals surface area (Å²) in [6, 6.07) is 2.60. The van der Waals surface area contributed by atoms with Crippen LogP contribution in [0.2, 0.25) is 0 Å². The van der Waals surface area contributed by atoms with Gasteiger partial charge >= 0.3 is 0 Å². The zero-order valence-corrected chi connectivity index (χ0v) is 10.7. The highest BCUT2D eigenvalue weighted by atomic mass is 19.1. The van der Waals surface area contributed by atoms with Crippen molar-refractivity contribution in [1.82, 2.24) is 5.32 Å². The zero-order chi connectivity index (χ0) is 14.7. The highest BCUT2D eigenvalue weighted by Crippen LogP contribution is 2.25. The summed E-state index contributed by atoms with van der Waals surface area (Å²) in [6.07, 6.45) is 2.47. The van der Waals surface area contributed by atoms with Gasteiger partial charge < -0.3 is 10.4 Å². The lowest BCUT2D eigenvalue weighted by Gasteiger charge is -2.18. The molecule has 0 saturated heterocycles. The van der Waals surface area contributed by atoms with Crippen molar-refractivity contribution < 1.29 is 19.2 Å². The first-order valence-electron chi connectivity index (χ1n) is 6.38. The normalized spacial score (nSPS) is 21.7. The molecule has 0 heterocycles. The van der Waals surface area contributed by atoms with Gasteiger partial charge in [0.25, 0.3) is 11.6 Å². The molecule has 1 fully saturated rings. The number of hydrogen-bond donors (Lipinski definition) is 2. The highest BCUT2D eigenvalue weighted by Gasteiger charge is 2.28. The maximum atomic E-state index is 13.3. The highest BCUT2D eigenvalue weighted by molar-refractivity contribution is 5.95. The molecule has 1 aliphatic carbocycles. The number of rotatable bonds is 4. The molecule has 1 saturated carbocycles. The van der Waals surface area contributed by atoms with Crippen molar-refractivity contribution in [2.75, 3.05) is 6.61 Å². The van der Waals surface area contributed by atoms with Crippen LogP contribution in [0.4, 0.5) is 10.1 Å². The van der Waals surface area contributed by atoms with Crippen LogP contribution >= 0.6 is 0 Å². The molecule has 1 amide bonds. The summed E-state index contributed by atoms with van der Waals surface area (Å²) in [4.78, 5) is 21.9. The zero-order valence-electron chi connectivity index (χ0n) is 10.7. The van der Waals surface area contributed by atoms with Gasteiger partial charge in [-0.05, 0) is 18.9 Å². The third kappa shape index (κ3) is 3.11. The van der Waals surface area contributed by atoms with Gasteiger partial charge in [0, 0.05) is 30.2 Å². The first-order valence-corrected chi connectivity index (χ1v) is 6.38. The van der Waals surface area contributed by atoms with E-state index in [1.807, 2.05) is 0 Å². The molecule has 1 aromatic rings. The van der Waals surface area contributed by atoms with E-state index in [1.54, 1.807) is 0 Å². The molecule has 0 radical (unpaired) electrons. The van der Waals surface area contributed by atoms with Gasteiger partial charge in [0.2, 0.25) is 0 Å². The van der Waals surface area contributed by atoms with Crippen molar-refractivity contribution in [3.63, 3.8) is 0 Å². The van der Waals surface area contributed by atoms with Gasteiger partial charge in [0.05, 0.1) is 11.0 Å². The van der Waals surface area contributed by atoms with Crippen LogP contribution in [-0.2, 0) is 0 Å². The van der Waals surface area contributed by atoms with Gasteiger partial charge in [0.1, 0.15) is 5.82 Å². The largest absolute Gasteiger partial charge is 0.396 e. The Balaban J connectivity index is 2.15. The van der Waals surface area contributed by atoms with E-state index in [9.17, 15) is 24.4 Å². The van der Waals surface area contributed by atoms with E-state index in [2.05, 4.69) is 5.32 Å². The Morgan fingerprint density at radius 2 is 2.20 bits per heavy atom. The van der Waals surface area contributed by atoms with E-state index in [4.69, 9.17) is 0 Å². The Hall–Kier alpha value is -2.02. The number of hydrogen-bond acceptors (Lipinski definition) is 4. The average Bonchev–Trinajstić information content (AvgIpc) is 2.85. The minimum Gasteiger partial charge on any atom is -0.396 e. The number of non-ortho nitro benzene ring substituents is 1. The van der Waals surface area contributed by atoms with Crippen molar-refractivity contribution >= 4 is 11.6 Å². The Morgan fingerprint density at radius 1 is 1.45 bits per heavy atom. The summed E-state index contributed by atoms with van der Waals surface area (Å²) >= 11 is 0. The first kappa shape index (κ1) is 14.4. The van der Waals surface area contributed by atoms with Crippen LogP contribution in [-0.4, -0.2) is 28.6 Å². The quantitative estimate of drug-likeness (QED) is 0.648. The van der Waals surface area contributed by atoms with Crippen LogP contribution in [0.25, 0.3) is 0 Å². The fourth-order valence-electron chi connectivity index (χ4n) is 2.51. The molecule has 1 aliphatic rings. The molecule has 0 aromatic heterocycles. The van der Waals surface area contributed by atoms with Crippen molar-refractivity contribution in [3.05, 3.63) is 39.7 Å². The molecule has 108 valence electrons. The van der Waals surface area contributed by atoms with Crippen molar-refractivity contribution in [2.24, 2.45) is 5.92 Å². The average molecular weight is 282 g/mol. The van der Waals surface area contributed by atoms with E-state index in [-0.39, 0.29) is 24.1 Å². The number of nitro benzene ring substituents is 1. The summed E-state index contributed by atoms with van der Waals surface area (Å²) in [7, 11) is 0. The Bertz CT molecular complexity index is 535. The number of nitrogens with one attached hydrogen (secondary N) is 1. The molecule has 2 N–H and O–H groups in total. The molecule has 1 aromatic carbocycles. The van der Waals surface area contributed by atoms with Crippen LogP contribution in [0.5, 0.6) is 0 Å². The van der Waals surface area contributed by atoms with Gasteiger partial charge in [-0.2, -0.15) is 0 Å². The van der Waals surface area contributed by atoms with Gasteiger partial charge in [0.15, 0.2) is 0 Å². The summed E-state index contributed by atoms with van der Waals surface area (Å²) in [6.45, 7) is -0.0196. The van der Waals surface area contributed by atoms with Crippen LogP contribution in [0, 0.1) is 21.8 Å². The van der Waals surface area contributed by atoms with Gasteiger partial charge in [-0.15, -0.1) is 0 Å². The van der Waals surface area contributed by atoms with Gasteiger partial charge in [-0.25, -0.2) is 4.39 Å². The summed E-state index contributed by atoms with van der Waals surface area (Å²) in [5.41, 5.74) is -0.541. The summed E-state index contributed by atoms with van der Waals surface area (Å²) < 4.78 is 13.3. The molecule has 0 bridgehead atoms. The summed E-state index contributed by atoms with van der Waals surface area (Å²) in [5.74, 6) is -1.39. The lowest BCUT2D eigenvalue weighted by molar-refractivity contribution is -0.385. The van der Waals surface area contributed by atoms with Crippen molar-refractivity contribution in [1.29, 1.82) is 0 Å². The SMILES string of the molecule is O=C(NC1CCCC1CO)c1cc(F)cc([N+](=O)[O-])c1. The maximum Gasteiger partial charge on any atom is 0.273 e. The fourth-order valence-corrected chi connectivity index (χ4v) is 2.51. The number of amides is 1. The lowest BCUT2D eigenvalue weighted by Crippen LogP contribution is -2.38. The predicted octanol–water partition coefficient (Wildman–Crippen LogP) is 1.62. The number of nitrogens with zero attached hydrogens (tertiary/aromatic N) is 1. The molecule has 2 atom stereocenters. The maximum absolute atomic E-state index is 13.3. The number of aliphatic hydroxyl groups excluding tert-OH is 1. The third-order valence-electron chi connectivity index (χ3n) is 3.57. The van der Waals surface area contributed by atoms with E-state index < -0.39 is 22.3 Å². The second-order valence-corrected chi connectivity index (χ2v) is 4.91. The lowest BCUT2D eigenvalue weighted by atomic mass is 10.0. The molecule has 0 spiro atoms. The number of nitro groups is 1. The molecule has 20 heavy (non-hydrogen) atoms. The standard InChI is InChI=1S/C13H15FN2O4/c14-10-4-9(5-11(6-10)16(19)20)13(18)15-12-3-1-2-8(12)7-17/h4-6,8,12,17H,1-3,7H2,(H,15,18). The second kappa shape index (κ2) is 5.96. The first-order chi connectivity index (χ1) is 9.51. The Morgan fingerprint density at radius 3 is 2.85 bits per heavy atom. The Labute approximate surface area is 114 Å². The number of halogens is 1. The molecule has 6 nitrogen and oxygen atoms in total. The van der Waals surface area contributed by atoms with Crippen molar-refractivity contribution in [2.45, 2.75) is 25.3 Å². The van der Waals surface area contributed by atoms with Gasteiger partial charge in [-0.1, -0.05) is 6.42 Å². The topological polar surface area (TPSA) is 92.5 Å². The van der Waals surface area contributed by atoms with Crippen LogP contribution in [0.1, 0.15) is 29.6 Å². The predicted molar refractivity (Wildman–Crippen MR) is 68.7 cm³/mol. The summed E-state index contributed by atoms with van der Waals surface area (Å²) in [5, 5.41) is 22.5. The van der Waals surface area contributed by atoms with E-state index in [1.165, 1.54) is 0 Å². The monoisotopic (exact) mass is 282 g/mol. The van der Waals surface area contributed by atoms with Crippen LogP contribution in [0.15, 0.2) is 18.2 Å². The number of benzene rings is 1. The van der Waals surface area contributed by atoms with E-state index >= 15 is 0 Å². The number of aliphatic hydroxyl groups is 1. The fraction of sp³-hybridized carbons (Fsp3) is 0.462. The van der Waals surface area contributed by atoms with Crippen LogP contribution < -0.4 is 5.32 Å². The van der Waals surface area contributed by atoms with E-state index in [0.717, 1.165) is 37.5 Å². The van der Waals surface area contributed by atoms with Crippen molar-refractivity contribution in [3.8, 4) is 0 Å². The molecular formula is C13H15FN2O4. The molecule has 7 heteroatoms. The Kier molecular flexibility index (Phi) is 4.29. The minimum atomic E-state index is -0.825. The number of carbonyl (C=O) groups excluding carboxylic acids is 1. The third-order valence-corrected chi connectivity index (χ3v) is 3.57. The molecule has 2 unspecified atom stereocenters. The molecule has 0 aliphatic heterocycles. The molecular weight excluding hydrogens is 267 g/mol. The minimum absolute atomic E-state index is 0.0116.